The zero-order valence-electron chi connectivity index (χ0n) is 10.6. The Bertz CT molecular complexity index is 430. The number of methoxy groups -OCH3 is 1. The van der Waals surface area contributed by atoms with Gasteiger partial charge in [-0.05, 0) is 25.0 Å². The van der Waals surface area contributed by atoms with E-state index in [4.69, 9.17) is 10.5 Å². The molecular formula is C14H19BrFNO. The average molecular weight is 316 g/mol. The lowest BCUT2D eigenvalue weighted by Gasteiger charge is -2.38. The molecule has 1 fully saturated rings. The molecule has 1 aromatic carbocycles. The topological polar surface area (TPSA) is 35.2 Å². The van der Waals surface area contributed by atoms with Crippen LogP contribution in [0.25, 0.3) is 0 Å². The largest absolute Gasteiger partial charge is 0.493 e. The molecule has 2 rings (SSSR count). The second-order valence-corrected chi connectivity index (χ2v) is 5.84. The van der Waals surface area contributed by atoms with Gasteiger partial charge in [0.1, 0.15) is 0 Å². The number of halogens is 2. The number of benzene rings is 1. The molecule has 0 unspecified atom stereocenters. The molecule has 18 heavy (non-hydrogen) atoms. The van der Waals surface area contributed by atoms with Gasteiger partial charge in [-0.2, -0.15) is 0 Å². The summed E-state index contributed by atoms with van der Waals surface area (Å²) in [6, 6.07) is 3.18. The summed E-state index contributed by atoms with van der Waals surface area (Å²) in [4.78, 5) is 0. The summed E-state index contributed by atoms with van der Waals surface area (Å²) in [5, 5.41) is 0. The van der Waals surface area contributed by atoms with Crippen LogP contribution in [0.1, 0.15) is 37.7 Å². The first-order chi connectivity index (χ1) is 8.64. The van der Waals surface area contributed by atoms with E-state index in [1.54, 1.807) is 6.07 Å². The maximum absolute atomic E-state index is 13.9. The van der Waals surface area contributed by atoms with Gasteiger partial charge in [-0.3, -0.25) is 0 Å². The average Bonchev–Trinajstić information content (AvgIpc) is 2.41. The van der Waals surface area contributed by atoms with E-state index in [0.29, 0.717) is 12.3 Å². The highest BCUT2D eigenvalue weighted by atomic mass is 79.9. The van der Waals surface area contributed by atoms with Crippen molar-refractivity contribution in [1.82, 2.24) is 0 Å². The summed E-state index contributed by atoms with van der Waals surface area (Å²) >= 11 is 3.53. The molecule has 1 aromatic rings. The van der Waals surface area contributed by atoms with Gasteiger partial charge in [0.2, 0.25) is 0 Å². The van der Waals surface area contributed by atoms with Crippen molar-refractivity contribution in [2.75, 3.05) is 13.7 Å². The highest BCUT2D eigenvalue weighted by Gasteiger charge is 2.37. The summed E-state index contributed by atoms with van der Waals surface area (Å²) in [6.45, 7) is 0.533. The number of rotatable bonds is 3. The molecule has 0 heterocycles. The Kier molecular flexibility index (Phi) is 4.28. The minimum Gasteiger partial charge on any atom is -0.493 e. The Morgan fingerprint density at radius 3 is 2.56 bits per heavy atom. The molecular weight excluding hydrogens is 297 g/mol. The van der Waals surface area contributed by atoms with Crippen LogP contribution in [0.5, 0.6) is 5.75 Å². The van der Waals surface area contributed by atoms with Gasteiger partial charge in [0.25, 0.3) is 0 Å². The van der Waals surface area contributed by atoms with E-state index in [1.165, 1.54) is 19.6 Å². The molecule has 0 bridgehead atoms. The van der Waals surface area contributed by atoms with Crippen molar-refractivity contribution < 1.29 is 9.13 Å². The van der Waals surface area contributed by atoms with Crippen LogP contribution in [-0.4, -0.2) is 13.7 Å². The second-order valence-electron chi connectivity index (χ2n) is 4.98. The van der Waals surface area contributed by atoms with E-state index in [1.807, 2.05) is 0 Å². The van der Waals surface area contributed by atoms with Crippen molar-refractivity contribution in [2.24, 2.45) is 5.73 Å². The molecule has 0 aromatic heterocycles. The van der Waals surface area contributed by atoms with Crippen molar-refractivity contribution in [3.05, 3.63) is 28.0 Å². The van der Waals surface area contributed by atoms with Gasteiger partial charge < -0.3 is 10.5 Å². The minimum atomic E-state index is -0.311. The first-order valence-corrected chi connectivity index (χ1v) is 7.16. The molecule has 0 radical (unpaired) electrons. The van der Waals surface area contributed by atoms with Crippen LogP contribution < -0.4 is 10.5 Å². The fourth-order valence-corrected chi connectivity index (χ4v) is 3.74. The van der Waals surface area contributed by atoms with Crippen molar-refractivity contribution >= 4 is 15.9 Å². The highest BCUT2D eigenvalue weighted by Crippen LogP contribution is 2.46. The molecule has 1 aliphatic carbocycles. The summed E-state index contributed by atoms with van der Waals surface area (Å²) in [6.07, 6.45) is 5.52. The van der Waals surface area contributed by atoms with Crippen LogP contribution >= 0.6 is 15.9 Å². The first kappa shape index (κ1) is 13.8. The fraction of sp³-hybridized carbons (Fsp3) is 0.571. The summed E-state index contributed by atoms with van der Waals surface area (Å²) < 4.78 is 20.1. The third-order valence-electron chi connectivity index (χ3n) is 3.99. The fourth-order valence-electron chi connectivity index (χ4n) is 3.01. The number of nitrogens with two attached hydrogens (primary N) is 1. The Hall–Kier alpha value is -0.610. The molecule has 0 aliphatic heterocycles. The second kappa shape index (κ2) is 5.57. The molecule has 1 saturated carbocycles. The quantitative estimate of drug-likeness (QED) is 0.921. The van der Waals surface area contributed by atoms with Crippen molar-refractivity contribution in [3.63, 3.8) is 0 Å². The standard InChI is InChI=1S/C14H19BrFNO/c1-18-13-11(16)6-5-10(15)12(13)14(9-17)7-3-2-4-8-14/h5-6H,2-4,7-9,17H2,1H3. The molecule has 0 amide bonds. The predicted octanol–water partition coefficient (Wildman–Crippen LogP) is 3.76. The van der Waals surface area contributed by atoms with Crippen LogP contribution in [0.4, 0.5) is 4.39 Å². The van der Waals surface area contributed by atoms with Crippen LogP contribution in [0, 0.1) is 5.82 Å². The number of hydrogen-bond acceptors (Lipinski definition) is 2. The van der Waals surface area contributed by atoms with E-state index in [0.717, 1.165) is 35.7 Å². The van der Waals surface area contributed by atoms with E-state index in [-0.39, 0.29) is 11.2 Å². The van der Waals surface area contributed by atoms with E-state index in [9.17, 15) is 4.39 Å². The lowest BCUT2D eigenvalue weighted by Crippen LogP contribution is -2.38. The molecule has 0 saturated heterocycles. The minimum absolute atomic E-state index is 0.148. The van der Waals surface area contributed by atoms with E-state index in [2.05, 4.69) is 15.9 Å². The molecule has 2 nitrogen and oxygen atoms in total. The van der Waals surface area contributed by atoms with E-state index < -0.39 is 0 Å². The summed E-state index contributed by atoms with van der Waals surface area (Å²) in [5.74, 6) is 0.0332. The van der Waals surface area contributed by atoms with Crippen molar-refractivity contribution in [2.45, 2.75) is 37.5 Å². The van der Waals surface area contributed by atoms with Gasteiger partial charge in [-0.25, -0.2) is 4.39 Å². The normalized spacial score (nSPS) is 18.7. The molecule has 0 spiro atoms. The zero-order valence-corrected chi connectivity index (χ0v) is 12.2. The predicted molar refractivity (Wildman–Crippen MR) is 74.5 cm³/mol. The first-order valence-electron chi connectivity index (χ1n) is 6.37. The Balaban J connectivity index is 2.56. The van der Waals surface area contributed by atoms with Gasteiger partial charge in [-0.1, -0.05) is 35.2 Å². The Morgan fingerprint density at radius 2 is 2.00 bits per heavy atom. The SMILES string of the molecule is COc1c(F)ccc(Br)c1C1(CN)CCCCC1. The van der Waals surface area contributed by atoms with Gasteiger partial charge in [0, 0.05) is 22.0 Å². The summed E-state index contributed by atoms with van der Waals surface area (Å²) in [7, 11) is 1.52. The monoisotopic (exact) mass is 315 g/mol. The molecule has 100 valence electrons. The van der Waals surface area contributed by atoms with Gasteiger partial charge in [0.15, 0.2) is 11.6 Å². The lowest BCUT2D eigenvalue weighted by atomic mass is 9.69. The van der Waals surface area contributed by atoms with Gasteiger partial charge in [-0.15, -0.1) is 0 Å². The van der Waals surface area contributed by atoms with Crippen LogP contribution in [0.2, 0.25) is 0 Å². The molecule has 0 atom stereocenters. The molecule has 4 heteroatoms. The van der Waals surface area contributed by atoms with Crippen LogP contribution in [0.15, 0.2) is 16.6 Å². The molecule has 1 aliphatic rings. The smallest absolute Gasteiger partial charge is 0.165 e. The van der Waals surface area contributed by atoms with Gasteiger partial charge in [0.05, 0.1) is 7.11 Å². The molecule has 2 N–H and O–H groups in total. The lowest BCUT2D eigenvalue weighted by molar-refractivity contribution is 0.282. The number of ether oxygens (including phenoxy) is 1. The van der Waals surface area contributed by atoms with Crippen molar-refractivity contribution in [1.29, 1.82) is 0 Å². The Labute approximate surface area is 116 Å². The zero-order chi connectivity index (χ0) is 13.2. The van der Waals surface area contributed by atoms with Gasteiger partial charge >= 0.3 is 0 Å². The van der Waals surface area contributed by atoms with Crippen LogP contribution in [0.3, 0.4) is 0 Å². The number of hydrogen-bond donors (Lipinski definition) is 1. The summed E-state index contributed by atoms with van der Waals surface area (Å²) in [5.41, 5.74) is 6.78. The maximum atomic E-state index is 13.9. The van der Waals surface area contributed by atoms with E-state index >= 15 is 0 Å². The van der Waals surface area contributed by atoms with Crippen LogP contribution in [-0.2, 0) is 5.41 Å². The Morgan fingerprint density at radius 1 is 1.33 bits per heavy atom. The highest BCUT2D eigenvalue weighted by molar-refractivity contribution is 9.10. The third-order valence-corrected chi connectivity index (χ3v) is 4.66. The van der Waals surface area contributed by atoms with Crippen molar-refractivity contribution in [3.8, 4) is 5.75 Å². The maximum Gasteiger partial charge on any atom is 0.165 e. The third kappa shape index (κ3) is 2.28.